The van der Waals surface area contributed by atoms with Gasteiger partial charge in [0.25, 0.3) is 5.91 Å². The predicted octanol–water partition coefficient (Wildman–Crippen LogP) is 2.53. The highest BCUT2D eigenvalue weighted by molar-refractivity contribution is 6.07. The second-order valence-electron chi connectivity index (χ2n) is 4.23. The van der Waals surface area contributed by atoms with Gasteiger partial charge in [0.1, 0.15) is 0 Å². The summed E-state index contributed by atoms with van der Waals surface area (Å²) in [5.74, 6) is -0.221. The number of benzene rings is 1. The molecule has 0 atom stereocenters. The van der Waals surface area contributed by atoms with Crippen molar-refractivity contribution < 1.29 is 4.79 Å². The summed E-state index contributed by atoms with van der Waals surface area (Å²) in [6.07, 6.45) is 1.62. The molecule has 0 saturated heterocycles. The number of aromatic nitrogens is 1. The van der Waals surface area contributed by atoms with Gasteiger partial charge in [-0.05, 0) is 38.1 Å². The molecule has 0 fully saturated rings. The summed E-state index contributed by atoms with van der Waals surface area (Å²) in [6.45, 7) is 3.81. The summed E-state index contributed by atoms with van der Waals surface area (Å²) in [7, 11) is 0. The molecule has 0 saturated carbocycles. The van der Waals surface area contributed by atoms with Crippen LogP contribution in [0.15, 0.2) is 36.5 Å². The van der Waals surface area contributed by atoms with E-state index in [1.54, 1.807) is 18.3 Å². The monoisotopic (exact) mass is 241 g/mol. The Labute approximate surface area is 106 Å². The van der Waals surface area contributed by atoms with Gasteiger partial charge in [-0.3, -0.25) is 9.78 Å². The molecule has 0 aliphatic heterocycles. The van der Waals surface area contributed by atoms with Crippen LogP contribution in [0.2, 0.25) is 0 Å². The van der Waals surface area contributed by atoms with E-state index >= 15 is 0 Å². The first-order valence-electron chi connectivity index (χ1n) is 5.66. The summed E-state index contributed by atoms with van der Waals surface area (Å²) >= 11 is 0. The van der Waals surface area contributed by atoms with Gasteiger partial charge in [-0.15, -0.1) is 0 Å². The molecular formula is C14H15N3O. The third kappa shape index (κ3) is 2.66. The van der Waals surface area contributed by atoms with Crippen molar-refractivity contribution in [3.63, 3.8) is 0 Å². The second kappa shape index (κ2) is 4.87. The van der Waals surface area contributed by atoms with Gasteiger partial charge in [-0.2, -0.15) is 0 Å². The Balaban J connectivity index is 2.21. The van der Waals surface area contributed by atoms with Crippen LogP contribution < -0.4 is 11.1 Å². The van der Waals surface area contributed by atoms with E-state index in [0.717, 1.165) is 11.3 Å². The van der Waals surface area contributed by atoms with Crippen LogP contribution in [-0.2, 0) is 0 Å². The first kappa shape index (κ1) is 12.1. The number of pyridine rings is 1. The van der Waals surface area contributed by atoms with Crippen molar-refractivity contribution in [1.82, 2.24) is 4.98 Å². The number of nitrogens with zero attached hydrogens (tertiary/aromatic N) is 1. The highest BCUT2D eigenvalue weighted by atomic mass is 16.1. The quantitative estimate of drug-likeness (QED) is 0.794. The zero-order valence-electron chi connectivity index (χ0n) is 10.4. The Morgan fingerprint density at radius 3 is 2.67 bits per heavy atom. The molecule has 1 heterocycles. The third-order valence-electron chi connectivity index (χ3n) is 2.62. The van der Waals surface area contributed by atoms with Gasteiger partial charge in [0.2, 0.25) is 0 Å². The normalized spacial score (nSPS) is 10.1. The Kier molecular flexibility index (Phi) is 3.28. The first-order valence-corrected chi connectivity index (χ1v) is 5.66. The van der Waals surface area contributed by atoms with E-state index in [9.17, 15) is 4.79 Å². The van der Waals surface area contributed by atoms with E-state index in [-0.39, 0.29) is 5.91 Å². The Hall–Kier alpha value is -2.36. The zero-order valence-corrected chi connectivity index (χ0v) is 10.4. The molecular weight excluding hydrogens is 226 g/mol. The maximum absolute atomic E-state index is 12.1. The van der Waals surface area contributed by atoms with Crippen LogP contribution in [0.4, 0.5) is 11.4 Å². The van der Waals surface area contributed by atoms with Gasteiger partial charge in [0.05, 0.1) is 17.4 Å². The Bertz CT molecular complexity index is 576. The van der Waals surface area contributed by atoms with Crippen molar-refractivity contribution in [3.05, 3.63) is 53.3 Å². The SMILES string of the molecule is Cc1ccc(N)c(C(=O)Nc2ccc(C)nc2)c1. The third-order valence-corrected chi connectivity index (χ3v) is 2.62. The highest BCUT2D eigenvalue weighted by Crippen LogP contribution is 2.16. The fraction of sp³-hybridized carbons (Fsp3) is 0.143. The van der Waals surface area contributed by atoms with E-state index < -0.39 is 0 Å². The number of hydrogen-bond donors (Lipinski definition) is 2. The van der Waals surface area contributed by atoms with Crippen molar-refractivity contribution in [1.29, 1.82) is 0 Å². The number of hydrogen-bond acceptors (Lipinski definition) is 3. The standard InChI is InChI=1S/C14H15N3O/c1-9-3-6-13(15)12(7-9)14(18)17-11-5-4-10(2)16-8-11/h3-8H,15H2,1-2H3,(H,17,18). The Morgan fingerprint density at radius 1 is 1.22 bits per heavy atom. The molecule has 18 heavy (non-hydrogen) atoms. The molecule has 0 aliphatic carbocycles. The molecule has 1 amide bonds. The van der Waals surface area contributed by atoms with Crippen LogP contribution in [0.5, 0.6) is 0 Å². The van der Waals surface area contributed by atoms with Gasteiger partial charge < -0.3 is 11.1 Å². The number of rotatable bonds is 2. The van der Waals surface area contributed by atoms with Crippen LogP contribution in [0, 0.1) is 13.8 Å². The number of carbonyl (C=O) groups excluding carboxylic acids is 1. The lowest BCUT2D eigenvalue weighted by atomic mass is 10.1. The molecule has 4 heteroatoms. The number of nitrogen functional groups attached to an aromatic ring is 1. The molecule has 92 valence electrons. The van der Waals surface area contributed by atoms with Crippen molar-refractivity contribution >= 4 is 17.3 Å². The van der Waals surface area contributed by atoms with Crippen LogP contribution in [0.25, 0.3) is 0 Å². The number of aryl methyl sites for hydroxylation is 2. The molecule has 2 rings (SSSR count). The molecule has 4 nitrogen and oxygen atoms in total. The number of carbonyl (C=O) groups is 1. The van der Waals surface area contributed by atoms with E-state index in [1.165, 1.54) is 0 Å². The predicted molar refractivity (Wildman–Crippen MR) is 72.5 cm³/mol. The van der Waals surface area contributed by atoms with Crippen LogP contribution in [0.3, 0.4) is 0 Å². The average molecular weight is 241 g/mol. The minimum Gasteiger partial charge on any atom is -0.398 e. The maximum Gasteiger partial charge on any atom is 0.257 e. The van der Waals surface area contributed by atoms with Crippen LogP contribution >= 0.6 is 0 Å². The van der Waals surface area contributed by atoms with Gasteiger partial charge >= 0.3 is 0 Å². The van der Waals surface area contributed by atoms with Crippen LogP contribution in [-0.4, -0.2) is 10.9 Å². The maximum atomic E-state index is 12.1. The summed E-state index contributed by atoms with van der Waals surface area (Å²) in [5, 5.41) is 2.77. The van der Waals surface area contributed by atoms with Gasteiger partial charge in [0.15, 0.2) is 0 Å². The van der Waals surface area contributed by atoms with Crippen molar-refractivity contribution in [2.24, 2.45) is 0 Å². The molecule has 0 bridgehead atoms. The van der Waals surface area contributed by atoms with Gasteiger partial charge in [0, 0.05) is 11.4 Å². The van der Waals surface area contributed by atoms with Gasteiger partial charge in [-0.1, -0.05) is 11.6 Å². The minimum atomic E-state index is -0.221. The molecule has 2 aromatic rings. The van der Waals surface area contributed by atoms with Crippen molar-refractivity contribution in [3.8, 4) is 0 Å². The molecule has 0 radical (unpaired) electrons. The van der Waals surface area contributed by atoms with E-state index in [2.05, 4.69) is 10.3 Å². The lowest BCUT2D eigenvalue weighted by Gasteiger charge is -2.08. The molecule has 0 unspecified atom stereocenters. The largest absolute Gasteiger partial charge is 0.398 e. The summed E-state index contributed by atoms with van der Waals surface area (Å²) in [6, 6.07) is 9.03. The summed E-state index contributed by atoms with van der Waals surface area (Å²) < 4.78 is 0. The Morgan fingerprint density at radius 2 is 2.00 bits per heavy atom. The minimum absolute atomic E-state index is 0.221. The van der Waals surface area contributed by atoms with Crippen molar-refractivity contribution in [2.45, 2.75) is 13.8 Å². The number of anilines is 2. The van der Waals surface area contributed by atoms with E-state index in [4.69, 9.17) is 5.73 Å². The van der Waals surface area contributed by atoms with Crippen LogP contribution in [0.1, 0.15) is 21.6 Å². The molecule has 3 N–H and O–H groups in total. The van der Waals surface area contributed by atoms with Gasteiger partial charge in [-0.25, -0.2) is 0 Å². The summed E-state index contributed by atoms with van der Waals surface area (Å²) in [5.41, 5.74) is 9.31. The fourth-order valence-electron chi connectivity index (χ4n) is 1.61. The topological polar surface area (TPSA) is 68.0 Å². The second-order valence-corrected chi connectivity index (χ2v) is 4.23. The highest BCUT2D eigenvalue weighted by Gasteiger charge is 2.10. The number of amides is 1. The smallest absolute Gasteiger partial charge is 0.257 e. The molecule has 1 aromatic heterocycles. The average Bonchev–Trinajstić information content (AvgIpc) is 2.35. The number of nitrogens with two attached hydrogens (primary N) is 1. The van der Waals surface area contributed by atoms with E-state index in [0.29, 0.717) is 16.9 Å². The number of nitrogens with one attached hydrogen (secondary N) is 1. The fourth-order valence-corrected chi connectivity index (χ4v) is 1.61. The molecule has 1 aromatic carbocycles. The zero-order chi connectivity index (χ0) is 13.1. The summed E-state index contributed by atoms with van der Waals surface area (Å²) in [4.78, 5) is 16.2. The lowest BCUT2D eigenvalue weighted by Crippen LogP contribution is -2.14. The van der Waals surface area contributed by atoms with E-state index in [1.807, 2.05) is 32.0 Å². The first-order chi connectivity index (χ1) is 8.56. The molecule has 0 spiro atoms. The molecule has 0 aliphatic rings. The lowest BCUT2D eigenvalue weighted by molar-refractivity contribution is 0.102. The van der Waals surface area contributed by atoms with Crippen molar-refractivity contribution in [2.75, 3.05) is 11.1 Å².